The van der Waals surface area contributed by atoms with Crippen molar-refractivity contribution in [3.8, 4) is 22.8 Å². The van der Waals surface area contributed by atoms with Gasteiger partial charge in [0.05, 0.1) is 30.6 Å². The van der Waals surface area contributed by atoms with E-state index < -0.39 is 0 Å². The molecule has 5 nitrogen and oxygen atoms in total. The first-order valence-corrected chi connectivity index (χ1v) is 9.64. The van der Waals surface area contributed by atoms with Gasteiger partial charge in [0.15, 0.2) is 11.5 Å². The van der Waals surface area contributed by atoms with Crippen LogP contribution in [0, 0.1) is 6.92 Å². The van der Waals surface area contributed by atoms with Gasteiger partial charge in [-0.3, -0.25) is 5.43 Å². The molecule has 0 radical (unpaired) electrons. The molecule has 0 aliphatic heterocycles. The molecule has 0 atom stereocenters. The Morgan fingerprint density at radius 3 is 2.74 bits per heavy atom. The van der Waals surface area contributed by atoms with E-state index in [1.807, 2.05) is 50.2 Å². The Labute approximate surface area is 167 Å². The van der Waals surface area contributed by atoms with Crippen molar-refractivity contribution in [1.82, 2.24) is 4.98 Å². The molecule has 0 bridgehead atoms. The van der Waals surface area contributed by atoms with E-state index in [0.717, 1.165) is 26.8 Å². The average molecular weight is 402 g/mol. The SMILES string of the molecule is CCOc1cc(/C=N\Nc2nc(-c3ccccc3)c(C)s2)cc(Cl)c1OC. The van der Waals surface area contributed by atoms with Crippen LogP contribution in [0.3, 0.4) is 0 Å². The zero-order valence-electron chi connectivity index (χ0n) is 15.3. The summed E-state index contributed by atoms with van der Waals surface area (Å²) in [5.41, 5.74) is 5.84. The first kappa shape index (κ1) is 19.2. The standard InChI is InChI=1S/C20H20ClN3O2S/c1-4-26-17-11-14(10-16(21)19(17)25-3)12-22-24-20-23-18(13(2)27-20)15-8-6-5-7-9-15/h5-12H,4H2,1-3H3,(H,23,24)/b22-12-. The fourth-order valence-corrected chi connectivity index (χ4v) is 3.68. The number of rotatable bonds is 7. The summed E-state index contributed by atoms with van der Waals surface area (Å²) < 4.78 is 10.9. The van der Waals surface area contributed by atoms with Gasteiger partial charge in [-0.15, -0.1) is 11.3 Å². The normalized spacial score (nSPS) is 11.0. The number of halogens is 1. The van der Waals surface area contributed by atoms with Crippen molar-refractivity contribution in [3.05, 3.63) is 57.9 Å². The summed E-state index contributed by atoms with van der Waals surface area (Å²) in [5.74, 6) is 1.11. The quantitative estimate of drug-likeness (QED) is 0.412. The molecule has 0 saturated heterocycles. The van der Waals surface area contributed by atoms with Crippen molar-refractivity contribution in [2.24, 2.45) is 5.10 Å². The van der Waals surface area contributed by atoms with Crippen molar-refractivity contribution in [1.29, 1.82) is 0 Å². The Balaban J connectivity index is 1.76. The number of hydrogen-bond acceptors (Lipinski definition) is 6. The van der Waals surface area contributed by atoms with Gasteiger partial charge in [0.25, 0.3) is 0 Å². The van der Waals surface area contributed by atoms with Crippen molar-refractivity contribution in [2.75, 3.05) is 19.1 Å². The van der Waals surface area contributed by atoms with Crippen LogP contribution in [-0.2, 0) is 0 Å². The monoisotopic (exact) mass is 401 g/mol. The number of anilines is 1. The maximum atomic E-state index is 6.26. The molecule has 3 aromatic rings. The van der Waals surface area contributed by atoms with Crippen LogP contribution < -0.4 is 14.9 Å². The van der Waals surface area contributed by atoms with Crippen molar-refractivity contribution in [2.45, 2.75) is 13.8 Å². The van der Waals surface area contributed by atoms with Crippen LogP contribution in [-0.4, -0.2) is 24.9 Å². The lowest BCUT2D eigenvalue weighted by Crippen LogP contribution is -1.98. The highest BCUT2D eigenvalue weighted by Crippen LogP contribution is 2.36. The average Bonchev–Trinajstić information content (AvgIpc) is 3.03. The zero-order chi connectivity index (χ0) is 19.2. The molecule has 7 heteroatoms. The third kappa shape index (κ3) is 4.59. The summed E-state index contributed by atoms with van der Waals surface area (Å²) >= 11 is 7.82. The fraction of sp³-hybridized carbons (Fsp3) is 0.200. The zero-order valence-corrected chi connectivity index (χ0v) is 16.9. The molecular formula is C20H20ClN3O2S. The number of methoxy groups -OCH3 is 1. The summed E-state index contributed by atoms with van der Waals surface area (Å²) in [6, 6.07) is 13.7. The van der Waals surface area contributed by atoms with E-state index in [0.29, 0.717) is 23.1 Å². The van der Waals surface area contributed by atoms with E-state index in [1.54, 1.807) is 30.7 Å². The number of ether oxygens (including phenoxy) is 2. The van der Waals surface area contributed by atoms with Crippen LogP contribution in [0.5, 0.6) is 11.5 Å². The molecule has 0 fully saturated rings. The van der Waals surface area contributed by atoms with Gasteiger partial charge < -0.3 is 9.47 Å². The Kier molecular flexibility index (Phi) is 6.32. The molecular weight excluding hydrogens is 382 g/mol. The highest BCUT2D eigenvalue weighted by atomic mass is 35.5. The third-order valence-corrected chi connectivity index (χ3v) is 4.91. The van der Waals surface area contributed by atoms with E-state index in [2.05, 4.69) is 15.5 Å². The molecule has 0 saturated carbocycles. The van der Waals surface area contributed by atoms with E-state index in [1.165, 1.54) is 0 Å². The maximum absolute atomic E-state index is 6.26. The lowest BCUT2D eigenvalue weighted by atomic mass is 10.1. The molecule has 0 amide bonds. The summed E-state index contributed by atoms with van der Waals surface area (Å²) in [5, 5.41) is 5.48. The third-order valence-electron chi connectivity index (χ3n) is 3.75. The van der Waals surface area contributed by atoms with Gasteiger partial charge >= 0.3 is 0 Å². The molecule has 1 N–H and O–H groups in total. The number of aryl methyl sites for hydroxylation is 1. The number of thiazole rings is 1. The highest BCUT2D eigenvalue weighted by molar-refractivity contribution is 7.15. The minimum Gasteiger partial charge on any atom is -0.491 e. The summed E-state index contributed by atoms with van der Waals surface area (Å²) in [6.45, 7) is 4.48. The minimum absolute atomic E-state index is 0.473. The fourth-order valence-electron chi connectivity index (χ4n) is 2.59. The number of aromatic nitrogens is 1. The summed E-state index contributed by atoms with van der Waals surface area (Å²) in [6.07, 6.45) is 1.67. The predicted octanol–water partition coefficient (Wildman–Crippen LogP) is 5.63. The van der Waals surface area contributed by atoms with Crippen LogP contribution >= 0.6 is 22.9 Å². The second-order valence-electron chi connectivity index (χ2n) is 5.63. The number of nitrogens with one attached hydrogen (secondary N) is 1. The Morgan fingerprint density at radius 1 is 1.26 bits per heavy atom. The van der Waals surface area contributed by atoms with E-state index >= 15 is 0 Å². The number of hydrogen-bond donors (Lipinski definition) is 1. The van der Waals surface area contributed by atoms with Gasteiger partial charge in [-0.25, -0.2) is 4.98 Å². The Morgan fingerprint density at radius 2 is 2.04 bits per heavy atom. The van der Waals surface area contributed by atoms with Crippen molar-refractivity contribution in [3.63, 3.8) is 0 Å². The first-order valence-electron chi connectivity index (χ1n) is 8.44. The summed E-state index contributed by atoms with van der Waals surface area (Å²) in [7, 11) is 1.56. The smallest absolute Gasteiger partial charge is 0.204 e. The molecule has 0 spiro atoms. The van der Waals surface area contributed by atoms with Gasteiger partial charge in [0.2, 0.25) is 5.13 Å². The van der Waals surface area contributed by atoms with Gasteiger partial charge in [-0.2, -0.15) is 5.10 Å². The van der Waals surface area contributed by atoms with Gasteiger partial charge in [-0.1, -0.05) is 41.9 Å². The predicted molar refractivity (Wildman–Crippen MR) is 113 cm³/mol. The molecule has 1 heterocycles. The lowest BCUT2D eigenvalue weighted by Gasteiger charge is -2.11. The van der Waals surface area contributed by atoms with Gasteiger partial charge in [0.1, 0.15) is 0 Å². The number of benzene rings is 2. The molecule has 0 unspecified atom stereocenters. The molecule has 3 rings (SSSR count). The number of nitrogens with zero attached hydrogens (tertiary/aromatic N) is 2. The Hall–Kier alpha value is -2.57. The molecule has 2 aromatic carbocycles. The van der Waals surface area contributed by atoms with Crippen LogP contribution in [0.4, 0.5) is 5.13 Å². The topological polar surface area (TPSA) is 55.7 Å². The molecule has 140 valence electrons. The number of hydrazone groups is 1. The van der Waals surface area contributed by atoms with Crippen LogP contribution in [0.25, 0.3) is 11.3 Å². The summed E-state index contributed by atoms with van der Waals surface area (Å²) in [4.78, 5) is 5.76. The highest BCUT2D eigenvalue weighted by Gasteiger charge is 2.11. The van der Waals surface area contributed by atoms with Gasteiger partial charge in [-0.05, 0) is 31.5 Å². The second kappa shape index (κ2) is 8.88. The van der Waals surface area contributed by atoms with Crippen LogP contribution in [0.15, 0.2) is 47.6 Å². The Bertz CT molecular complexity index is 942. The molecule has 27 heavy (non-hydrogen) atoms. The van der Waals surface area contributed by atoms with Gasteiger partial charge in [0, 0.05) is 10.4 Å². The molecule has 1 aromatic heterocycles. The maximum Gasteiger partial charge on any atom is 0.204 e. The van der Waals surface area contributed by atoms with E-state index in [4.69, 9.17) is 21.1 Å². The van der Waals surface area contributed by atoms with Crippen LogP contribution in [0.1, 0.15) is 17.4 Å². The van der Waals surface area contributed by atoms with E-state index in [-0.39, 0.29) is 0 Å². The van der Waals surface area contributed by atoms with Crippen molar-refractivity contribution >= 4 is 34.3 Å². The largest absolute Gasteiger partial charge is 0.491 e. The van der Waals surface area contributed by atoms with E-state index in [9.17, 15) is 0 Å². The van der Waals surface area contributed by atoms with Crippen molar-refractivity contribution < 1.29 is 9.47 Å². The lowest BCUT2D eigenvalue weighted by molar-refractivity contribution is 0.311. The molecule has 0 aliphatic rings. The second-order valence-corrected chi connectivity index (χ2v) is 7.24. The van der Waals surface area contributed by atoms with Crippen LogP contribution in [0.2, 0.25) is 5.02 Å². The minimum atomic E-state index is 0.473. The first-order chi connectivity index (χ1) is 13.1. The molecule has 0 aliphatic carbocycles.